The van der Waals surface area contributed by atoms with Gasteiger partial charge in [-0.05, 0) is 42.5 Å². The number of halogens is 1. The number of rotatable bonds is 3. The van der Waals surface area contributed by atoms with Gasteiger partial charge in [0.1, 0.15) is 0 Å². The van der Waals surface area contributed by atoms with E-state index in [0.29, 0.717) is 22.2 Å². The van der Waals surface area contributed by atoms with Gasteiger partial charge in [0.05, 0.1) is 16.4 Å². The third kappa shape index (κ3) is 2.74. The summed E-state index contributed by atoms with van der Waals surface area (Å²) in [5.41, 5.74) is 7.32. The molecular weight excluding hydrogens is 368 g/mol. The average molecular weight is 387 g/mol. The van der Waals surface area contributed by atoms with Crippen LogP contribution in [0.4, 0.5) is 5.69 Å². The number of carbonyl (C=O) groups is 1. The molecule has 0 radical (unpaired) electrons. The number of benzene rings is 2. The molecule has 1 aliphatic heterocycles. The maximum Gasteiger partial charge on any atom is 0.255 e. The van der Waals surface area contributed by atoms with E-state index in [4.69, 9.17) is 16.6 Å². The summed E-state index contributed by atoms with van der Waals surface area (Å²) in [7, 11) is 0. The van der Waals surface area contributed by atoms with E-state index in [2.05, 4.69) is 42.2 Å². The zero-order chi connectivity index (χ0) is 19.3. The van der Waals surface area contributed by atoms with Gasteiger partial charge in [0.15, 0.2) is 0 Å². The second-order valence-electron chi connectivity index (χ2n) is 7.46. The van der Waals surface area contributed by atoms with Crippen molar-refractivity contribution in [1.29, 1.82) is 0 Å². The minimum absolute atomic E-state index is 0.177. The van der Waals surface area contributed by atoms with E-state index >= 15 is 0 Å². The Bertz CT molecular complexity index is 1110. The number of nitrogens with zero attached hydrogens (tertiary/aromatic N) is 1. The van der Waals surface area contributed by atoms with Gasteiger partial charge >= 0.3 is 0 Å². The smallest absolute Gasteiger partial charge is 0.255 e. The third-order valence-corrected chi connectivity index (χ3v) is 6.12. The summed E-state index contributed by atoms with van der Waals surface area (Å²) < 4.78 is 0. The number of nitrogens with one attached hydrogen (secondary N) is 1. The van der Waals surface area contributed by atoms with Crippen molar-refractivity contribution in [2.45, 2.75) is 25.2 Å². The van der Waals surface area contributed by atoms with Crippen LogP contribution in [0.5, 0.6) is 0 Å². The largest absolute Gasteiger partial charge is 0.321 e. The Kier molecular flexibility index (Phi) is 4.06. The molecule has 2 aliphatic rings. The molecule has 2 heterocycles. The topological polar surface area (TPSA) is 42.0 Å². The maximum atomic E-state index is 11.8. The fraction of sp³-hybridized carbons (Fsp3) is 0.167. The van der Waals surface area contributed by atoms with Crippen LogP contribution in [-0.4, -0.2) is 10.9 Å². The molecule has 3 aromatic rings. The van der Waals surface area contributed by atoms with Gasteiger partial charge in [-0.15, -0.1) is 0 Å². The first-order valence-electron chi connectivity index (χ1n) is 9.52. The van der Waals surface area contributed by atoms with E-state index in [-0.39, 0.29) is 5.91 Å². The molecule has 1 amide bonds. The minimum atomic E-state index is -0.177. The summed E-state index contributed by atoms with van der Waals surface area (Å²) in [5.74, 6) is 0.476. The molecule has 1 N–H and O–H groups in total. The van der Waals surface area contributed by atoms with E-state index in [9.17, 15) is 4.79 Å². The molecule has 2 aromatic carbocycles. The number of anilines is 1. The van der Waals surface area contributed by atoms with Crippen LogP contribution >= 0.6 is 11.6 Å². The van der Waals surface area contributed by atoms with Crippen molar-refractivity contribution < 1.29 is 4.79 Å². The molecule has 138 valence electrons. The molecule has 3 nitrogen and oxygen atoms in total. The average Bonchev–Trinajstić information content (AvgIpc) is 2.94. The summed E-state index contributed by atoms with van der Waals surface area (Å²) in [4.78, 5) is 16.6. The lowest BCUT2D eigenvalue weighted by Gasteiger charge is -2.27. The van der Waals surface area contributed by atoms with Gasteiger partial charge in [0, 0.05) is 34.0 Å². The monoisotopic (exact) mass is 386 g/mol. The minimum Gasteiger partial charge on any atom is -0.321 e. The van der Waals surface area contributed by atoms with Crippen LogP contribution in [0.25, 0.3) is 28.0 Å². The van der Waals surface area contributed by atoms with Crippen LogP contribution in [0.2, 0.25) is 5.02 Å². The van der Waals surface area contributed by atoms with Crippen LogP contribution in [0.3, 0.4) is 0 Å². The molecule has 0 spiro atoms. The van der Waals surface area contributed by atoms with Crippen molar-refractivity contribution >= 4 is 28.8 Å². The van der Waals surface area contributed by atoms with Crippen LogP contribution in [0.1, 0.15) is 36.3 Å². The number of aromatic nitrogens is 1. The molecule has 0 bridgehead atoms. The molecule has 1 aliphatic carbocycles. The zero-order valence-electron chi connectivity index (χ0n) is 15.3. The van der Waals surface area contributed by atoms with E-state index in [1.807, 2.05) is 18.3 Å². The molecule has 28 heavy (non-hydrogen) atoms. The first-order chi connectivity index (χ1) is 13.6. The summed E-state index contributed by atoms with van der Waals surface area (Å²) in [5, 5.41) is 3.37. The van der Waals surface area contributed by atoms with Gasteiger partial charge in [-0.2, -0.15) is 0 Å². The van der Waals surface area contributed by atoms with Crippen molar-refractivity contribution in [3.05, 3.63) is 77.5 Å². The van der Waals surface area contributed by atoms with E-state index in [1.165, 1.54) is 30.4 Å². The maximum absolute atomic E-state index is 11.8. The second kappa shape index (κ2) is 6.61. The normalized spacial score (nSPS) is 15.9. The SMILES string of the molecule is C=C1C(=O)Nc2cc(Cl)c(-c3ccc(-c4ccccc4C4CCC4)nc3)cc21. The number of amides is 1. The molecule has 0 saturated heterocycles. The highest BCUT2D eigenvalue weighted by atomic mass is 35.5. The molecule has 5 rings (SSSR count). The highest BCUT2D eigenvalue weighted by Gasteiger charge is 2.25. The van der Waals surface area contributed by atoms with Crippen molar-refractivity contribution in [1.82, 2.24) is 4.98 Å². The fourth-order valence-electron chi connectivity index (χ4n) is 3.99. The Morgan fingerprint density at radius 3 is 2.57 bits per heavy atom. The van der Waals surface area contributed by atoms with Crippen molar-refractivity contribution in [3.63, 3.8) is 0 Å². The third-order valence-electron chi connectivity index (χ3n) is 5.81. The van der Waals surface area contributed by atoms with Crippen molar-refractivity contribution in [2.75, 3.05) is 5.32 Å². The highest BCUT2D eigenvalue weighted by Crippen LogP contribution is 2.42. The van der Waals surface area contributed by atoms with Crippen molar-refractivity contribution in [2.24, 2.45) is 0 Å². The van der Waals surface area contributed by atoms with Gasteiger partial charge in [-0.3, -0.25) is 9.78 Å². The number of pyridine rings is 1. The molecule has 1 fully saturated rings. The quantitative estimate of drug-likeness (QED) is 0.536. The van der Waals surface area contributed by atoms with Crippen molar-refractivity contribution in [3.8, 4) is 22.4 Å². The van der Waals surface area contributed by atoms with Gasteiger partial charge in [0.2, 0.25) is 0 Å². The van der Waals surface area contributed by atoms with Crippen LogP contribution in [-0.2, 0) is 4.79 Å². The standard InChI is InChI=1S/C24H19ClN2O/c1-14-19-11-20(21(25)12-23(19)27-24(14)28)16-9-10-22(26-13-16)18-8-3-2-7-17(18)15-5-4-6-15/h2-3,7-13,15H,1,4-6H2,(H,27,28). The van der Waals surface area contributed by atoms with E-state index < -0.39 is 0 Å². The Hall–Kier alpha value is -2.91. The van der Waals surface area contributed by atoms with Gasteiger partial charge in [-0.1, -0.05) is 54.9 Å². The zero-order valence-corrected chi connectivity index (χ0v) is 16.1. The number of hydrogen-bond acceptors (Lipinski definition) is 2. The molecule has 1 saturated carbocycles. The van der Waals surface area contributed by atoms with Crippen LogP contribution in [0.15, 0.2) is 61.3 Å². The molecular formula is C24H19ClN2O. The first-order valence-corrected chi connectivity index (χ1v) is 9.89. The molecule has 4 heteroatoms. The number of hydrogen-bond donors (Lipinski definition) is 1. The Balaban J connectivity index is 1.52. The van der Waals surface area contributed by atoms with Crippen LogP contribution < -0.4 is 5.32 Å². The first kappa shape index (κ1) is 17.2. The predicted octanol–water partition coefficient (Wildman–Crippen LogP) is 6.30. The lowest BCUT2D eigenvalue weighted by molar-refractivity contribution is -0.110. The summed E-state index contributed by atoms with van der Waals surface area (Å²) in [6.45, 7) is 3.86. The van der Waals surface area contributed by atoms with Gasteiger partial charge in [-0.25, -0.2) is 0 Å². The summed E-state index contributed by atoms with van der Waals surface area (Å²) in [6.07, 6.45) is 5.69. The number of carbonyl (C=O) groups excluding carboxylic acids is 1. The Morgan fingerprint density at radius 2 is 1.86 bits per heavy atom. The number of fused-ring (bicyclic) bond motifs is 1. The lowest BCUT2D eigenvalue weighted by Crippen LogP contribution is -2.10. The van der Waals surface area contributed by atoms with Gasteiger partial charge < -0.3 is 5.32 Å². The Labute approximate surface area is 169 Å². The van der Waals surface area contributed by atoms with Gasteiger partial charge in [0.25, 0.3) is 5.91 Å². The second-order valence-corrected chi connectivity index (χ2v) is 7.86. The Morgan fingerprint density at radius 1 is 1.04 bits per heavy atom. The fourth-order valence-corrected chi connectivity index (χ4v) is 4.26. The molecule has 0 unspecified atom stereocenters. The van der Waals surface area contributed by atoms with E-state index in [0.717, 1.165) is 22.4 Å². The summed E-state index contributed by atoms with van der Waals surface area (Å²) in [6, 6.07) is 16.3. The lowest BCUT2D eigenvalue weighted by atomic mass is 9.78. The van der Waals surface area contributed by atoms with Crippen LogP contribution in [0, 0.1) is 0 Å². The molecule has 0 atom stereocenters. The highest BCUT2D eigenvalue weighted by molar-refractivity contribution is 6.36. The predicted molar refractivity (Wildman–Crippen MR) is 114 cm³/mol. The summed E-state index contributed by atoms with van der Waals surface area (Å²) >= 11 is 6.48. The molecule has 1 aromatic heterocycles. The van der Waals surface area contributed by atoms with E-state index in [1.54, 1.807) is 6.07 Å².